The normalized spacial score (nSPS) is 17.0. The van der Waals surface area contributed by atoms with Crippen LogP contribution in [0.25, 0.3) is 5.57 Å². The Morgan fingerprint density at radius 3 is 2.62 bits per heavy atom. The van der Waals surface area contributed by atoms with Gasteiger partial charge in [0.25, 0.3) is 0 Å². The summed E-state index contributed by atoms with van der Waals surface area (Å²) in [5.41, 5.74) is 8.84. The van der Waals surface area contributed by atoms with E-state index in [9.17, 15) is 5.11 Å². The molecule has 5 heteroatoms. The number of pyridine rings is 1. The average Bonchev–Trinajstić information content (AvgIpc) is 3.01. The van der Waals surface area contributed by atoms with Gasteiger partial charge in [0.2, 0.25) is 0 Å². The number of ether oxygens (including phenoxy) is 1. The quantitative estimate of drug-likeness (QED) is 0.532. The molecule has 0 amide bonds. The van der Waals surface area contributed by atoms with E-state index in [0.717, 1.165) is 60.8 Å². The molecule has 0 bridgehead atoms. The average molecular weight is 475 g/mol. The maximum Gasteiger partial charge on any atom is 0.122 e. The van der Waals surface area contributed by atoms with Crippen molar-refractivity contribution in [1.29, 1.82) is 0 Å². The van der Waals surface area contributed by atoms with E-state index >= 15 is 0 Å². The van der Waals surface area contributed by atoms with Gasteiger partial charge >= 0.3 is 0 Å². The van der Waals surface area contributed by atoms with Crippen molar-refractivity contribution in [2.45, 2.75) is 38.7 Å². The fourth-order valence-electron chi connectivity index (χ4n) is 5.14. The molecule has 0 spiro atoms. The van der Waals surface area contributed by atoms with E-state index in [4.69, 9.17) is 21.3 Å². The van der Waals surface area contributed by atoms with Gasteiger partial charge in [-0.3, -0.25) is 9.88 Å². The number of nitrogens with zero attached hydrogens (tertiary/aromatic N) is 2. The Balaban J connectivity index is 1.30. The fraction of sp³-hybridized carbons (Fsp3) is 0.345. The second-order valence-corrected chi connectivity index (χ2v) is 9.76. The van der Waals surface area contributed by atoms with Gasteiger partial charge in [0.15, 0.2) is 0 Å². The third-order valence-corrected chi connectivity index (χ3v) is 7.17. The molecule has 0 saturated carbocycles. The third-order valence-electron chi connectivity index (χ3n) is 6.94. The molecule has 1 fully saturated rings. The predicted octanol–water partition coefficient (Wildman–Crippen LogP) is 5.48. The molecule has 1 N–H and O–H groups in total. The molecular weight excluding hydrogens is 444 g/mol. The minimum atomic E-state index is -0.517. The number of fused-ring (bicyclic) bond motifs is 2. The highest BCUT2D eigenvalue weighted by atomic mass is 35.5. The number of benzene rings is 2. The van der Waals surface area contributed by atoms with E-state index in [1.807, 2.05) is 49.5 Å². The standard InChI is InChI=1S/C29H31ClN2O2/c1-20-5-2-3-7-27(20)34-19-25(33)18-32-15-12-21(13-16-32)28-26-11-10-24(30)17-23(26)9-8-22-6-4-14-31-29(22)28/h2-7,10-11,14,17,25,33H,8-9,12-13,15-16,18-19H2,1H3. The number of rotatable bonds is 5. The third kappa shape index (κ3) is 5.05. The van der Waals surface area contributed by atoms with Crippen LogP contribution >= 0.6 is 11.6 Å². The summed E-state index contributed by atoms with van der Waals surface area (Å²) in [6, 6.07) is 18.4. The molecular formula is C29H31ClN2O2. The van der Waals surface area contributed by atoms with Gasteiger partial charge in [-0.05, 0) is 79.1 Å². The summed E-state index contributed by atoms with van der Waals surface area (Å²) in [5, 5.41) is 11.4. The molecule has 2 heterocycles. The van der Waals surface area contributed by atoms with Crippen molar-refractivity contribution in [2.75, 3.05) is 26.2 Å². The van der Waals surface area contributed by atoms with Gasteiger partial charge in [0, 0.05) is 36.4 Å². The second kappa shape index (κ2) is 10.3. The number of piperidine rings is 1. The molecule has 1 aromatic heterocycles. The first-order chi connectivity index (χ1) is 16.6. The maximum absolute atomic E-state index is 10.6. The van der Waals surface area contributed by atoms with E-state index in [1.165, 1.54) is 27.8 Å². The molecule has 1 saturated heterocycles. The van der Waals surface area contributed by atoms with Gasteiger partial charge in [-0.25, -0.2) is 0 Å². The number of likely N-dealkylation sites (tertiary alicyclic amines) is 1. The SMILES string of the molecule is Cc1ccccc1OCC(O)CN1CCC(=C2c3ccc(Cl)cc3CCc3cccnc32)CC1. The van der Waals surface area contributed by atoms with Crippen LogP contribution in [0.3, 0.4) is 0 Å². The van der Waals surface area contributed by atoms with Gasteiger partial charge in [-0.2, -0.15) is 0 Å². The lowest BCUT2D eigenvalue weighted by molar-refractivity contribution is 0.0654. The van der Waals surface area contributed by atoms with Crippen LogP contribution in [-0.4, -0.2) is 47.3 Å². The zero-order valence-corrected chi connectivity index (χ0v) is 20.4. The summed E-state index contributed by atoms with van der Waals surface area (Å²) in [5.74, 6) is 0.838. The Bertz CT molecular complexity index is 1200. The summed E-state index contributed by atoms with van der Waals surface area (Å²) < 4.78 is 5.85. The second-order valence-electron chi connectivity index (χ2n) is 9.32. The van der Waals surface area contributed by atoms with Crippen LogP contribution < -0.4 is 4.74 Å². The molecule has 5 rings (SSSR count). The lowest BCUT2D eigenvalue weighted by atomic mass is 9.88. The molecule has 3 aromatic rings. The number of β-amino-alcohol motifs (C(OH)–C–C–N with tert-alkyl or cyclic N) is 1. The van der Waals surface area contributed by atoms with Crippen LogP contribution in [-0.2, 0) is 12.8 Å². The van der Waals surface area contributed by atoms with E-state index in [1.54, 1.807) is 0 Å². The Kier molecular flexibility index (Phi) is 7.00. The van der Waals surface area contributed by atoms with E-state index < -0.39 is 6.10 Å². The highest BCUT2D eigenvalue weighted by Gasteiger charge is 2.25. The zero-order valence-electron chi connectivity index (χ0n) is 19.6. The number of para-hydroxylation sites is 1. The zero-order chi connectivity index (χ0) is 23.5. The molecule has 1 atom stereocenters. The van der Waals surface area contributed by atoms with Crippen molar-refractivity contribution in [3.05, 3.63) is 99.3 Å². The van der Waals surface area contributed by atoms with Crippen LogP contribution in [0.1, 0.15) is 40.8 Å². The molecule has 1 unspecified atom stereocenters. The van der Waals surface area contributed by atoms with Crippen molar-refractivity contribution in [3.63, 3.8) is 0 Å². The number of aliphatic hydroxyl groups excluding tert-OH is 1. The molecule has 2 aromatic carbocycles. The molecule has 34 heavy (non-hydrogen) atoms. The molecule has 4 nitrogen and oxygen atoms in total. The number of halogens is 1. The number of aryl methyl sites for hydroxylation is 3. The van der Waals surface area contributed by atoms with Crippen LogP contribution in [0.5, 0.6) is 5.75 Å². The smallest absolute Gasteiger partial charge is 0.122 e. The van der Waals surface area contributed by atoms with E-state index in [-0.39, 0.29) is 0 Å². The first kappa shape index (κ1) is 23.1. The number of hydrogen-bond acceptors (Lipinski definition) is 4. The van der Waals surface area contributed by atoms with Crippen molar-refractivity contribution >= 4 is 17.2 Å². The number of aromatic nitrogens is 1. The van der Waals surface area contributed by atoms with Crippen molar-refractivity contribution in [1.82, 2.24) is 9.88 Å². The Hall–Kier alpha value is -2.66. The largest absolute Gasteiger partial charge is 0.491 e. The van der Waals surface area contributed by atoms with Crippen molar-refractivity contribution in [2.24, 2.45) is 0 Å². The monoisotopic (exact) mass is 474 g/mol. The van der Waals surface area contributed by atoms with Crippen LogP contribution in [0.4, 0.5) is 0 Å². The molecule has 1 aliphatic heterocycles. The summed E-state index contributed by atoms with van der Waals surface area (Å²) in [6.45, 7) is 4.79. The molecule has 2 aliphatic rings. The Morgan fingerprint density at radius 2 is 1.79 bits per heavy atom. The van der Waals surface area contributed by atoms with Gasteiger partial charge in [0.1, 0.15) is 18.5 Å². The van der Waals surface area contributed by atoms with Crippen LogP contribution in [0.2, 0.25) is 5.02 Å². The highest BCUT2D eigenvalue weighted by molar-refractivity contribution is 6.30. The Labute approximate surface area is 206 Å². The van der Waals surface area contributed by atoms with Crippen LogP contribution in [0, 0.1) is 6.92 Å². The van der Waals surface area contributed by atoms with Gasteiger partial charge in [-0.15, -0.1) is 0 Å². The van der Waals surface area contributed by atoms with Crippen molar-refractivity contribution < 1.29 is 9.84 Å². The molecule has 0 radical (unpaired) electrons. The highest BCUT2D eigenvalue weighted by Crippen LogP contribution is 2.38. The predicted molar refractivity (Wildman–Crippen MR) is 137 cm³/mol. The minimum Gasteiger partial charge on any atom is -0.491 e. The van der Waals surface area contributed by atoms with Gasteiger partial charge < -0.3 is 9.84 Å². The maximum atomic E-state index is 10.6. The first-order valence-electron chi connectivity index (χ1n) is 12.1. The topological polar surface area (TPSA) is 45.6 Å². The Morgan fingerprint density at radius 1 is 1.00 bits per heavy atom. The summed E-state index contributed by atoms with van der Waals surface area (Å²) in [6.07, 6.45) is 5.28. The van der Waals surface area contributed by atoms with E-state index in [2.05, 4.69) is 23.1 Å². The van der Waals surface area contributed by atoms with Crippen molar-refractivity contribution in [3.8, 4) is 5.75 Å². The minimum absolute atomic E-state index is 0.306. The van der Waals surface area contributed by atoms with Crippen LogP contribution in [0.15, 0.2) is 66.4 Å². The van der Waals surface area contributed by atoms with E-state index in [0.29, 0.717) is 13.2 Å². The first-order valence-corrected chi connectivity index (χ1v) is 12.5. The lowest BCUT2D eigenvalue weighted by Crippen LogP contribution is -2.39. The lowest BCUT2D eigenvalue weighted by Gasteiger charge is -2.31. The van der Waals surface area contributed by atoms with Gasteiger partial charge in [0.05, 0.1) is 5.69 Å². The summed E-state index contributed by atoms with van der Waals surface area (Å²) >= 11 is 6.34. The fourth-order valence-corrected chi connectivity index (χ4v) is 5.34. The van der Waals surface area contributed by atoms with Gasteiger partial charge in [-0.1, -0.05) is 47.5 Å². The summed E-state index contributed by atoms with van der Waals surface area (Å²) in [7, 11) is 0. The molecule has 176 valence electrons. The number of aliphatic hydroxyl groups is 1. The summed E-state index contributed by atoms with van der Waals surface area (Å²) in [4.78, 5) is 7.17. The number of hydrogen-bond donors (Lipinski definition) is 1. The molecule has 1 aliphatic carbocycles.